The third-order valence-corrected chi connectivity index (χ3v) is 13.6. The SMILES string of the molecule is C[CH2][SnH]([CH2]S)[CH2]CCCN. The van der Waals surface area contributed by atoms with E-state index in [9.17, 15) is 0 Å². The summed E-state index contributed by atoms with van der Waals surface area (Å²) >= 11 is 3.32. The molecule has 1 unspecified atom stereocenters. The van der Waals surface area contributed by atoms with Crippen LogP contribution in [0.4, 0.5) is 0 Å². The molecule has 0 fully saturated rings. The van der Waals surface area contributed by atoms with Gasteiger partial charge in [0.2, 0.25) is 0 Å². The molecule has 0 aromatic carbocycles. The zero-order valence-electron chi connectivity index (χ0n) is 6.84. The van der Waals surface area contributed by atoms with E-state index in [0.29, 0.717) is 0 Å². The van der Waals surface area contributed by atoms with E-state index >= 15 is 0 Å². The molecular weight excluding hydrogens is 249 g/mol. The average Bonchev–Trinajstić information content (AvgIpc) is 1.99. The van der Waals surface area contributed by atoms with Gasteiger partial charge < -0.3 is 0 Å². The molecule has 0 spiro atoms. The van der Waals surface area contributed by atoms with E-state index in [0.717, 1.165) is 6.54 Å². The second-order valence-corrected chi connectivity index (χ2v) is 15.2. The summed E-state index contributed by atoms with van der Waals surface area (Å²) < 4.78 is 4.22. The molecule has 62 valence electrons. The predicted octanol–water partition coefficient (Wildman–Crippen LogP) is 1.44. The molecule has 0 aromatic heterocycles. The Morgan fingerprint density at radius 3 is 2.50 bits per heavy atom. The molecule has 0 amide bonds. The summed E-state index contributed by atoms with van der Waals surface area (Å²) in [6.45, 7) is 3.19. The summed E-state index contributed by atoms with van der Waals surface area (Å²) in [5, 5.41) is 0. The Morgan fingerprint density at radius 2 is 2.10 bits per heavy atom. The average molecular weight is 268 g/mol. The fourth-order valence-corrected chi connectivity index (χ4v) is 8.85. The molecule has 0 heterocycles. The Bertz CT molecular complexity index is 66.6. The molecule has 0 aromatic rings. The minimum atomic E-state index is -1.04. The van der Waals surface area contributed by atoms with Crippen molar-refractivity contribution in [3.8, 4) is 0 Å². The van der Waals surface area contributed by atoms with Crippen LogP contribution < -0.4 is 5.73 Å². The Kier molecular flexibility index (Phi) is 9.12. The summed E-state index contributed by atoms with van der Waals surface area (Å²) in [7, 11) is 0. The molecule has 0 rings (SSSR count). The van der Waals surface area contributed by atoms with E-state index in [1.54, 1.807) is 0 Å². The van der Waals surface area contributed by atoms with Crippen molar-refractivity contribution in [2.24, 2.45) is 5.73 Å². The number of hydrogen-bond donors (Lipinski definition) is 2. The van der Waals surface area contributed by atoms with Crippen molar-refractivity contribution in [2.45, 2.75) is 28.6 Å². The van der Waals surface area contributed by atoms with Crippen LogP contribution >= 0.6 is 12.6 Å². The Balaban J connectivity index is 3.09. The van der Waals surface area contributed by atoms with Crippen LogP contribution in [0.3, 0.4) is 0 Å². The van der Waals surface area contributed by atoms with Crippen molar-refractivity contribution in [3.05, 3.63) is 0 Å². The Morgan fingerprint density at radius 1 is 1.40 bits per heavy atom. The van der Waals surface area contributed by atoms with E-state index in [1.807, 2.05) is 0 Å². The van der Waals surface area contributed by atoms with Crippen molar-refractivity contribution in [1.82, 2.24) is 0 Å². The maximum atomic E-state index is 5.40. The topological polar surface area (TPSA) is 26.0 Å². The van der Waals surface area contributed by atoms with Crippen LogP contribution in [0.15, 0.2) is 0 Å². The summed E-state index contributed by atoms with van der Waals surface area (Å²) in [4.78, 5) is 0. The molecule has 1 nitrogen and oxygen atoms in total. The van der Waals surface area contributed by atoms with Crippen LogP contribution in [0.5, 0.6) is 0 Å². The van der Waals surface area contributed by atoms with E-state index in [4.69, 9.17) is 5.73 Å². The number of nitrogens with two attached hydrogens (primary N) is 1. The first-order valence-corrected chi connectivity index (χ1v) is 11.8. The zero-order valence-corrected chi connectivity index (χ0v) is 11.0. The van der Waals surface area contributed by atoms with Gasteiger partial charge in [-0.2, -0.15) is 0 Å². The van der Waals surface area contributed by atoms with E-state index in [-0.39, 0.29) is 0 Å². The molecule has 0 radical (unpaired) electrons. The van der Waals surface area contributed by atoms with Gasteiger partial charge in [0.25, 0.3) is 0 Å². The van der Waals surface area contributed by atoms with Crippen molar-refractivity contribution >= 4 is 32.4 Å². The van der Waals surface area contributed by atoms with Gasteiger partial charge in [0.05, 0.1) is 0 Å². The van der Waals surface area contributed by atoms with Crippen molar-refractivity contribution in [1.29, 1.82) is 0 Å². The summed E-state index contributed by atoms with van der Waals surface area (Å²) in [6, 6.07) is 0. The van der Waals surface area contributed by atoms with E-state index < -0.39 is 19.8 Å². The molecule has 0 aliphatic carbocycles. The van der Waals surface area contributed by atoms with Crippen LogP contribution in [0.25, 0.3) is 0 Å². The standard InChI is InChI=1S/C4H10N.C2H5.CH3S.Sn.H/c1-2-3-4-5;2*1-2;;/h1-5H2;1H2,2H3;2H,1H2;;. The molecule has 0 saturated carbocycles. The van der Waals surface area contributed by atoms with Crippen LogP contribution in [0.2, 0.25) is 8.87 Å². The number of thiol groups is 1. The van der Waals surface area contributed by atoms with Gasteiger partial charge in [0, 0.05) is 0 Å². The van der Waals surface area contributed by atoms with Crippen LogP contribution in [-0.4, -0.2) is 30.1 Å². The maximum absolute atomic E-state index is 5.40. The van der Waals surface area contributed by atoms with Crippen LogP contribution in [-0.2, 0) is 0 Å². The van der Waals surface area contributed by atoms with Gasteiger partial charge in [-0.15, -0.1) is 0 Å². The summed E-state index contributed by atoms with van der Waals surface area (Å²) in [6.07, 6.45) is 2.59. The van der Waals surface area contributed by atoms with E-state index in [2.05, 4.69) is 19.6 Å². The molecule has 0 saturated heterocycles. The first-order valence-electron chi connectivity index (χ1n) is 4.16. The first kappa shape index (κ1) is 11.1. The Labute approximate surface area is 76.9 Å². The van der Waals surface area contributed by atoms with Gasteiger partial charge in [0.1, 0.15) is 0 Å². The summed E-state index contributed by atoms with van der Waals surface area (Å²) in [5.74, 6) is 0. The number of unbranched alkanes of at least 4 members (excludes halogenated alkanes) is 1. The third-order valence-electron chi connectivity index (χ3n) is 1.90. The van der Waals surface area contributed by atoms with Gasteiger partial charge in [-0.05, 0) is 0 Å². The molecule has 10 heavy (non-hydrogen) atoms. The quantitative estimate of drug-likeness (QED) is 0.425. The van der Waals surface area contributed by atoms with Gasteiger partial charge in [-0.3, -0.25) is 0 Å². The van der Waals surface area contributed by atoms with Crippen LogP contribution in [0, 0.1) is 0 Å². The molecule has 0 bridgehead atoms. The van der Waals surface area contributed by atoms with E-state index in [1.165, 1.54) is 25.5 Å². The molecule has 3 heteroatoms. The molecule has 0 aliphatic heterocycles. The fourth-order valence-electron chi connectivity index (χ4n) is 1.00. The molecule has 1 atom stereocenters. The molecule has 0 aliphatic rings. The van der Waals surface area contributed by atoms with Gasteiger partial charge >= 0.3 is 77.1 Å². The predicted molar refractivity (Wildman–Crippen MR) is 54.6 cm³/mol. The van der Waals surface area contributed by atoms with Crippen molar-refractivity contribution in [3.63, 3.8) is 0 Å². The normalized spacial score (nSPS) is 13.5. The van der Waals surface area contributed by atoms with Crippen molar-refractivity contribution in [2.75, 3.05) is 10.3 Å². The second-order valence-electron chi connectivity index (χ2n) is 2.74. The molecular formula is C7H19NSSn. The first-order chi connectivity index (χ1) is 4.85. The monoisotopic (exact) mass is 269 g/mol. The van der Waals surface area contributed by atoms with Crippen LogP contribution in [0.1, 0.15) is 19.8 Å². The van der Waals surface area contributed by atoms with Gasteiger partial charge in [-0.1, -0.05) is 0 Å². The van der Waals surface area contributed by atoms with Gasteiger partial charge in [0.15, 0.2) is 0 Å². The zero-order chi connectivity index (χ0) is 7.82. The summed E-state index contributed by atoms with van der Waals surface area (Å²) in [5.41, 5.74) is 5.40. The minimum absolute atomic E-state index is 0.870. The fraction of sp³-hybridized carbons (Fsp3) is 1.00. The number of hydrogen-bond acceptors (Lipinski definition) is 2. The Hall–Kier alpha value is 1.11. The third kappa shape index (κ3) is 5.86. The van der Waals surface area contributed by atoms with Gasteiger partial charge in [-0.25, -0.2) is 0 Å². The van der Waals surface area contributed by atoms with Crippen molar-refractivity contribution < 1.29 is 0 Å². The number of rotatable bonds is 6. The second kappa shape index (κ2) is 8.21. The molecule has 2 N–H and O–H groups in total.